The van der Waals surface area contributed by atoms with Crippen LogP contribution in [0.15, 0.2) is 48.5 Å². The van der Waals surface area contributed by atoms with Crippen LogP contribution >= 0.6 is 0 Å². The molecule has 2 N–H and O–H groups in total. The van der Waals surface area contributed by atoms with E-state index in [0.29, 0.717) is 12.4 Å². The van der Waals surface area contributed by atoms with Crippen molar-refractivity contribution in [2.75, 3.05) is 6.61 Å². The molecule has 0 radical (unpaired) electrons. The Labute approximate surface area is 177 Å². The number of benzene rings is 2. The lowest BCUT2D eigenvalue weighted by Crippen LogP contribution is -1.97. The molecule has 0 fully saturated rings. The quantitative estimate of drug-likeness (QED) is 0.476. The molecular weight excluding hydrogens is 376 g/mol. The van der Waals surface area contributed by atoms with E-state index in [4.69, 9.17) is 4.74 Å². The molecule has 0 bridgehead atoms. The van der Waals surface area contributed by atoms with Gasteiger partial charge in [0.1, 0.15) is 17.4 Å². The third-order valence-corrected chi connectivity index (χ3v) is 4.42. The molecule has 2 heterocycles. The van der Waals surface area contributed by atoms with Crippen LogP contribution in [0.3, 0.4) is 0 Å². The third-order valence-electron chi connectivity index (χ3n) is 4.42. The molecule has 0 saturated carbocycles. The molecule has 0 saturated heterocycles. The molecule has 0 aliphatic rings. The van der Waals surface area contributed by atoms with E-state index in [1.165, 1.54) is 5.56 Å². The van der Waals surface area contributed by atoms with Gasteiger partial charge in [0.15, 0.2) is 11.6 Å². The lowest BCUT2D eigenvalue weighted by Gasteiger charge is -2.07. The minimum Gasteiger partial charge on any atom is -0.493 e. The standard InChI is InChI=1S/C12H15N3O.C11H13N3/c1-3-8-16-11-7-5-4-6-10(11)12-13-9(2)14-15-12;1-3-9-6-4-5-7-10(9)11-12-8(2)13-14-11/h4-7H,3,8H2,1-2H3,(H,13,14,15);4-7H,3H2,1-2H3,(H,12,13,14). The van der Waals surface area contributed by atoms with Gasteiger partial charge in [-0.2, -0.15) is 10.2 Å². The van der Waals surface area contributed by atoms with Crippen LogP contribution in [0.4, 0.5) is 0 Å². The second-order valence-corrected chi connectivity index (χ2v) is 6.84. The molecule has 0 amide bonds. The van der Waals surface area contributed by atoms with E-state index < -0.39 is 0 Å². The molecule has 30 heavy (non-hydrogen) atoms. The van der Waals surface area contributed by atoms with Gasteiger partial charge in [-0.1, -0.05) is 50.2 Å². The van der Waals surface area contributed by atoms with Crippen LogP contribution < -0.4 is 4.74 Å². The average molecular weight is 405 g/mol. The molecule has 4 rings (SSSR count). The van der Waals surface area contributed by atoms with E-state index in [9.17, 15) is 0 Å². The van der Waals surface area contributed by atoms with Crippen LogP contribution in [0.2, 0.25) is 0 Å². The number of nitrogens with zero attached hydrogens (tertiary/aromatic N) is 4. The van der Waals surface area contributed by atoms with Crippen molar-refractivity contribution in [3.63, 3.8) is 0 Å². The van der Waals surface area contributed by atoms with Crippen molar-refractivity contribution in [2.24, 2.45) is 0 Å². The Kier molecular flexibility index (Phi) is 7.32. The van der Waals surface area contributed by atoms with Crippen LogP contribution in [0.25, 0.3) is 22.8 Å². The van der Waals surface area contributed by atoms with E-state index in [-0.39, 0.29) is 0 Å². The lowest BCUT2D eigenvalue weighted by atomic mass is 10.1. The number of aryl methyl sites for hydroxylation is 3. The number of H-pyrrole nitrogens is 2. The molecule has 0 aliphatic carbocycles. The first-order chi connectivity index (χ1) is 14.6. The summed E-state index contributed by atoms with van der Waals surface area (Å²) in [6.07, 6.45) is 1.99. The van der Waals surface area contributed by atoms with Gasteiger partial charge in [0, 0.05) is 5.56 Å². The summed E-state index contributed by atoms with van der Waals surface area (Å²) in [5, 5.41) is 14.0. The molecule has 7 heteroatoms. The van der Waals surface area contributed by atoms with Crippen molar-refractivity contribution in [3.8, 4) is 28.5 Å². The number of rotatable bonds is 6. The van der Waals surface area contributed by atoms with Gasteiger partial charge >= 0.3 is 0 Å². The summed E-state index contributed by atoms with van der Waals surface area (Å²) in [6, 6.07) is 16.0. The summed E-state index contributed by atoms with van der Waals surface area (Å²) in [5.74, 6) is 3.97. The highest BCUT2D eigenvalue weighted by molar-refractivity contribution is 5.63. The Morgan fingerprint density at radius 2 is 1.33 bits per heavy atom. The smallest absolute Gasteiger partial charge is 0.184 e. The summed E-state index contributed by atoms with van der Waals surface area (Å²) < 4.78 is 5.66. The van der Waals surface area contributed by atoms with Crippen molar-refractivity contribution in [1.82, 2.24) is 30.4 Å². The first kappa shape index (κ1) is 21.2. The molecule has 0 unspecified atom stereocenters. The average Bonchev–Trinajstić information content (AvgIpc) is 3.41. The first-order valence-corrected chi connectivity index (χ1v) is 10.2. The van der Waals surface area contributed by atoms with Gasteiger partial charge in [0.25, 0.3) is 0 Å². The molecule has 0 aliphatic heterocycles. The van der Waals surface area contributed by atoms with Gasteiger partial charge in [0.05, 0.1) is 12.2 Å². The maximum atomic E-state index is 5.66. The fraction of sp³-hybridized carbons (Fsp3) is 0.304. The van der Waals surface area contributed by atoms with Gasteiger partial charge in [-0.05, 0) is 44.4 Å². The minimum absolute atomic E-state index is 0.684. The Hall–Kier alpha value is -3.48. The Morgan fingerprint density at radius 3 is 1.90 bits per heavy atom. The summed E-state index contributed by atoms with van der Waals surface area (Å²) in [6.45, 7) is 8.72. The summed E-state index contributed by atoms with van der Waals surface area (Å²) in [5.41, 5.74) is 3.34. The van der Waals surface area contributed by atoms with E-state index >= 15 is 0 Å². The molecule has 2 aromatic carbocycles. The van der Waals surface area contributed by atoms with E-state index in [0.717, 1.165) is 47.2 Å². The summed E-state index contributed by atoms with van der Waals surface area (Å²) in [7, 11) is 0. The number of nitrogens with one attached hydrogen (secondary N) is 2. The second kappa shape index (κ2) is 10.3. The highest BCUT2D eigenvalue weighted by Gasteiger charge is 2.09. The fourth-order valence-corrected chi connectivity index (χ4v) is 2.96. The summed E-state index contributed by atoms with van der Waals surface area (Å²) >= 11 is 0. The van der Waals surface area contributed by atoms with Crippen molar-refractivity contribution in [1.29, 1.82) is 0 Å². The van der Waals surface area contributed by atoms with Gasteiger partial charge in [-0.25, -0.2) is 9.97 Å². The van der Waals surface area contributed by atoms with Crippen molar-refractivity contribution < 1.29 is 4.74 Å². The maximum Gasteiger partial charge on any atom is 0.184 e. The summed E-state index contributed by atoms with van der Waals surface area (Å²) in [4.78, 5) is 8.63. The molecule has 0 spiro atoms. The van der Waals surface area contributed by atoms with Crippen molar-refractivity contribution >= 4 is 0 Å². The van der Waals surface area contributed by atoms with Gasteiger partial charge in [0.2, 0.25) is 0 Å². The largest absolute Gasteiger partial charge is 0.493 e. The number of aromatic amines is 2. The monoisotopic (exact) mass is 404 g/mol. The van der Waals surface area contributed by atoms with Gasteiger partial charge < -0.3 is 4.74 Å². The molecule has 0 atom stereocenters. The number of aromatic nitrogens is 6. The molecular formula is C23H28N6O. The second-order valence-electron chi connectivity index (χ2n) is 6.84. The number of para-hydroxylation sites is 1. The third kappa shape index (κ3) is 5.31. The van der Waals surface area contributed by atoms with Crippen LogP contribution in [-0.2, 0) is 6.42 Å². The van der Waals surface area contributed by atoms with Gasteiger partial charge in [-0.15, -0.1) is 0 Å². The van der Waals surface area contributed by atoms with Crippen molar-refractivity contribution in [3.05, 3.63) is 65.7 Å². The number of hydrogen-bond acceptors (Lipinski definition) is 5. The Morgan fingerprint density at radius 1 is 0.767 bits per heavy atom. The van der Waals surface area contributed by atoms with E-state index in [2.05, 4.69) is 56.3 Å². The lowest BCUT2D eigenvalue weighted by molar-refractivity contribution is 0.318. The van der Waals surface area contributed by atoms with Crippen LogP contribution in [-0.4, -0.2) is 37.0 Å². The Balaban J connectivity index is 0.000000172. The highest BCUT2D eigenvalue weighted by Crippen LogP contribution is 2.27. The minimum atomic E-state index is 0.684. The predicted octanol–water partition coefficient (Wildman–Crippen LogP) is 4.91. The highest BCUT2D eigenvalue weighted by atomic mass is 16.5. The zero-order valence-corrected chi connectivity index (χ0v) is 17.9. The fourth-order valence-electron chi connectivity index (χ4n) is 2.96. The molecule has 156 valence electrons. The first-order valence-electron chi connectivity index (χ1n) is 10.2. The van der Waals surface area contributed by atoms with E-state index in [1.807, 2.05) is 50.2 Å². The van der Waals surface area contributed by atoms with Crippen LogP contribution in [0.5, 0.6) is 5.75 Å². The predicted molar refractivity (Wildman–Crippen MR) is 118 cm³/mol. The number of ether oxygens (including phenoxy) is 1. The molecule has 4 aromatic rings. The Bertz CT molecular complexity index is 1070. The SMILES string of the molecule is CCCOc1ccccc1-c1n[nH]c(C)n1.CCc1ccccc1-c1n[nH]c(C)n1. The maximum absolute atomic E-state index is 5.66. The van der Waals surface area contributed by atoms with Gasteiger partial charge in [-0.3, -0.25) is 10.2 Å². The normalized spacial score (nSPS) is 10.4. The van der Waals surface area contributed by atoms with E-state index in [1.54, 1.807) is 0 Å². The molecule has 7 nitrogen and oxygen atoms in total. The zero-order chi connectivity index (χ0) is 21.3. The molecule has 2 aromatic heterocycles. The topological polar surface area (TPSA) is 92.4 Å². The van der Waals surface area contributed by atoms with Crippen LogP contribution in [0.1, 0.15) is 37.5 Å². The zero-order valence-electron chi connectivity index (χ0n) is 17.9. The number of hydrogen-bond donors (Lipinski definition) is 2. The van der Waals surface area contributed by atoms with Crippen molar-refractivity contribution in [2.45, 2.75) is 40.5 Å². The van der Waals surface area contributed by atoms with Crippen LogP contribution in [0, 0.1) is 13.8 Å².